The average Bonchev–Trinajstić information content (AvgIpc) is 3.14. The van der Waals surface area contributed by atoms with E-state index >= 15 is 0 Å². The van der Waals surface area contributed by atoms with Gasteiger partial charge < -0.3 is 14.5 Å². The summed E-state index contributed by atoms with van der Waals surface area (Å²) in [5.41, 5.74) is 1.64. The van der Waals surface area contributed by atoms with Gasteiger partial charge in [0.15, 0.2) is 0 Å². The summed E-state index contributed by atoms with van der Waals surface area (Å²) in [6.07, 6.45) is 0. The van der Waals surface area contributed by atoms with E-state index in [9.17, 15) is 14.4 Å². The van der Waals surface area contributed by atoms with Crippen LogP contribution >= 0.6 is 34.8 Å². The smallest absolute Gasteiger partial charge is 0.255 e. The van der Waals surface area contributed by atoms with Gasteiger partial charge in [-0.3, -0.25) is 19.3 Å². The first-order valence-electron chi connectivity index (χ1n) is 9.79. The Labute approximate surface area is 201 Å². The molecule has 170 valence electrons. The molecule has 0 unspecified atom stereocenters. The Morgan fingerprint density at radius 3 is 2.56 bits per heavy atom. The van der Waals surface area contributed by atoms with Crippen molar-refractivity contribution in [3.05, 3.63) is 62.6 Å². The van der Waals surface area contributed by atoms with Crippen LogP contribution in [0.1, 0.15) is 15.9 Å². The summed E-state index contributed by atoms with van der Waals surface area (Å²) in [4.78, 5) is 42.9. The number of carbonyl (C=O) groups excluding carboxylic acids is 3. The van der Waals surface area contributed by atoms with Crippen LogP contribution in [0.15, 0.2) is 36.4 Å². The predicted molar refractivity (Wildman–Crippen MR) is 124 cm³/mol. The number of halogens is 3. The second-order valence-electron chi connectivity index (χ2n) is 7.28. The molecule has 2 aromatic rings. The maximum atomic E-state index is 13.0. The lowest BCUT2D eigenvalue weighted by atomic mass is 10.2. The number of hydrogen-bond donors (Lipinski definition) is 0. The molecule has 3 amide bonds. The molecule has 0 bridgehead atoms. The van der Waals surface area contributed by atoms with Crippen molar-refractivity contribution >= 4 is 58.2 Å². The van der Waals surface area contributed by atoms with Gasteiger partial charge in [-0.05, 0) is 42.8 Å². The van der Waals surface area contributed by atoms with Crippen molar-refractivity contribution in [2.45, 2.75) is 6.92 Å². The minimum atomic E-state index is -0.426. The number of rotatable bonds is 7. The zero-order valence-electron chi connectivity index (χ0n) is 17.6. The number of benzene rings is 2. The zero-order chi connectivity index (χ0) is 23.4. The molecule has 7 nitrogen and oxygen atoms in total. The van der Waals surface area contributed by atoms with E-state index in [2.05, 4.69) is 0 Å². The molecule has 0 atom stereocenters. The average molecular weight is 499 g/mol. The summed E-state index contributed by atoms with van der Waals surface area (Å²) in [5.74, 6) is -1.01. The Bertz CT molecular complexity index is 1050. The van der Waals surface area contributed by atoms with Crippen LogP contribution in [-0.4, -0.2) is 67.5 Å². The molecule has 1 aliphatic heterocycles. The molecule has 1 fully saturated rings. The van der Waals surface area contributed by atoms with E-state index in [0.717, 1.165) is 5.56 Å². The highest BCUT2D eigenvalue weighted by molar-refractivity contribution is 6.36. The van der Waals surface area contributed by atoms with Crippen molar-refractivity contribution in [3.8, 4) is 0 Å². The van der Waals surface area contributed by atoms with Crippen LogP contribution in [0, 0.1) is 6.92 Å². The van der Waals surface area contributed by atoms with Crippen LogP contribution in [0.2, 0.25) is 15.1 Å². The van der Waals surface area contributed by atoms with Gasteiger partial charge in [0.25, 0.3) is 5.91 Å². The van der Waals surface area contributed by atoms with Crippen molar-refractivity contribution in [2.75, 3.05) is 44.9 Å². The molecular formula is C22H22Cl3N3O4. The van der Waals surface area contributed by atoms with Gasteiger partial charge in [0.1, 0.15) is 19.8 Å². The van der Waals surface area contributed by atoms with Crippen LogP contribution < -0.4 is 4.90 Å². The third kappa shape index (κ3) is 5.35. The second-order valence-corrected chi connectivity index (χ2v) is 8.53. The van der Waals surface area contributed by atoms with Crippen molar-refractivity contribution in [1.82, 2.24) is 9.80 Å². The Morgan fingerprint density at radius 2 is 1.88 bits per heavy atom. The highest BCUT2D eigenvalue weighted by Gasteiger charge is 2.34. The number of hydrogen-bond acceptors (Lipinski definition) is 4. The molecule has 0 N–H and O–H groups in total. The maximum Gasteiger partial charge on any atom is 0.255 e. The van der Waals surface area contributed by atoms with Crippen LogP contribution in [0.5, 0.6) is 0 Å². The van der Waals surface area contributed by atoms with Crippen LogP contribution in [0.3, 0.4) is 0 Å². The van der Waals surface area contributed by atoms with Gasteiger partial charge in [-0.1, -0.05) is 40.9 Å². The molecule has 3 rings (SSSR count). The maximum absolute atomic E-state index is 13.0. The third-order valence-corrected chi connectivity index (χ3v) is 6.12. The van der Waals surface area contributed by atoms with E-state index < -0.39 is 5.91 Å². The summed E-state index contributed by atoms with van der Waals surface area (Å²) >= 11 is 18.3. The minimum absolute atomic E-state index is 0.0762. The van der Waals surface area contributed by atoms with Crippen molar-refractivity contribution in [1.29, 1.82) is 0 Å². The highest BCUT2D eigenvalue weighted by atomic mass is 35.5. The number of methoxy groups -OCH3 is 1. The second kappa shape index (κ2) is 10.5. The Hall–Kier alpha value is -2.32. The Kier molecular flexibility index (Phi) is 8.00. The predicted octanol–water partition coefficient (Wildman–Crippen LogP) is 3.88. The van der Waals surface area contributed by atoms with Crippen LogP contribution in [0.25, 0.3) is 0 Å². The van der Waals surface area contributed by atoms with Crippen LogP contribution in [0.4, 0.5) is 5.69 Å². The number of carbonyl (C=O) groups is 3. The largest absolute Gasteiger partial charge is 0.383 e. The van der Waals surface area contributed by atoms with Crippen molar-refractivity contribution < 1.29 is 19.1 Å². The molecule has 0 radical (unpaired) electrons. The first-order chi connectivity index (χ1) is 15.2. The first-order valence-corrected chi connectivity index (χ1v) is 10.9. The summed E-state index contributed by atoms with van der Waals surface area (Å²) in [7, 11) is 1.50. The molecule has 0 aromatic heterocycles. The van der Waals surface area contributed by atoms with Gasteiger partial charge >= 0.3 is 0 Å². The highest BCUT2D eigenvalue weighted by Crippen LogP contribution is 2.29. The first kappa shape index (κ1) is 24.3. The van der Waals surface area contributed by atoms with Crippen molar-refractivity contribution in [3.63, 3.8) is 0 Å². The van der Waals surface area contributed by atoms with E-state index in [0.29, 0.717) is 15.7 Å². The molecular weight excluding hydrogens is 477 g/mol. The van der Waals surface area contributed by atoms with E-state index in [1.807, 2.05) is 6.92 Å². The minimum Gasteiger partial charge on any atom is -0.383 e. The lowest BCUT2D eigenvalue weighted by molar-refractivity contribution is -0.132. The van der Waals surface area contributed by atoms with Gasteiger partial charge in [-0.2, -0.15) is 0 Å². The quantitative estimate of drug-likeness (QED) is 0.581. The molecule has 0 aliphatic carbocycles. The van der Waals surface area contributed by atoms with Crippen molar-refractivity contribution in [2.24, 2.45) is 0 Å². The zero-order valence-corrected chi connectivity index (χ0v) is 19.9. The fourth-order valence-corrected chi connectivity index (χ4v) is 4.02. The SMILES string of the molecule is COCCN(CC(=O)N1CC(=O)N(c2cccc(Cl)c2C)C1)C(=O)c1ccc(Cl)cc1Cl. The third-order valence-electron chi connectivity index (χ3n) is 5.16. The van der Waals surface area contributed by atoms with Gasteiger partial charge in [-0.25, -0.2) is 0 Å². The normalized spacial score (nSPS) is 13.6. The molecule has 0 spiro atoms. The Morgan fingerprint density at radius 1 is 1.12 bits per heavy atom. The number of amides is 3. The van der Waals surface area contributed by atoms with E-state index in [1.165, 1.54) is 33.9 Å². The Balaban J connectivity index is 1.75. The molecule has 10 heteroatoms. The number of ether oxygens (including phenoxy) is 1. The van der Waals surface area contributed by atoms with Gasteiger partial charge in [-0.15, -0.1) is 0 Å². The standard InChI is InChI=1S/C22H22Cl3N3O4/c1-14-17(24)4-3-5-19(14)28-13-27(12-21(28)30)20(29)11-26(8-9-32-2)22(31)16-7-6-15(23)10-18(16)25/h3-7,10H,8-9,11-13H2,1-2H3. The van der Waals surface area contributed by atoms with Crippen LogP contribution in [-0.2, 0) is 14.3 Å². The number of nitrogens with zero attached hydrogens (tertiary/aromatic N) is 3. The fourth-order valence-electron chi connectivity index (χ4n) is 3.36. The molecule has 32 heavy (non-hydrogen) atoms. The summed E-state index contributed by atoms with van der Waals surface area (Å²) in [6.45, 7) is 1.99. The van der Waals surface area contributed by atoms with Gasteiger partial charge in [0, 0.05) is 29.4 Å². The molecule has 1 heterocycles. The molecule has 1 saturated heterocycles. The van der Waals surface area contributed by atoms with E-state index in [1.54, 1.807) is 24.3 Å². The summed E-state index contributed by atoms with van der Waals surface area (Å²) in [5, 5.41) is 1.13. The lowest BCUT2D eigenvalue weighted by Gasteiger charge is -2.25. The molecule has 2 aromatic carbocycles. The molecule has 0 saturated carbocycles. The van der Waals surface area contributed by atoms with Gasteiger partial charge in [0.2, 0.25) is 11.8 Å². The lowest BCUT2D eigenvalue weighted by Crippen LogP contribution is -2.44. The van der Waals surface area contributed by atoms with E-state index in [-0.39, 0.29) is 55.3 Å². The molecule has 1 aliphatic rings. The number of anilines is 1. The van der Waals surface area contributed by atoms with Gasteiger partial charge in [0.05, 0.1) is 17.2 Å². The van der Waals surface area contributed by atoms with E-state index in [4.69, 9.17) is 39.5 Å². The summed E-state index contributed by atoms with van der Waals surface area (Å²) < 4.78 is 5.08. The fraction of sp³-hybridized carbons (Fsp3) is 0.318. The summed E-state index contributed by atoms with van der Waals surface area (Å²) in [6, 6.07) is 9.82. The topological polar surface area (TPSA) is 70.2 Å². The monoisotopic (exact) mass is 497 g/mol.